The van der Waals surface area contributed by atoms with Gasteiger partial charge in [0.05, 0.1) is 31.4 Å². The third-order valence-electron chi connectivity index (χ3n) is 3.56. The highest BCUT2D eigenvalue weighted by Crippen LogP contribution is 2.29. The lowest BCUT2D eigenvalue weighted by Gasteiger charge is -2.21. The summed E-state index contributed by atoms with van der Waals surface area (Å²) in [5.74, 6) is -0.467. The van der Waals surface area contributed by atoms with Crippen LogP contribution in [0.4, 0.5) is 13.2 Å². The molecule has 1 amide bonds. The fourth-order valence-electron chi connectivity index (χ4n) is 2.29. The van der Waals surface area contributed by atoms with Crippen LogP contribution >= 0.6 is 0 Å². The van der Waals surface area contributed by atoms with Crippen LogP contribution in [0.3, 0.4) is 0 Å². The van der Waals surface area contributed by atoms with Crippen molar-refractivity contribution >= 4 is 11.9 Å². The molecule has 1 aromatic heterocycles. The minimum absolute atomic E-state index is 0.0269. The van der Waals surface area contributed by atoms with Crippen LogP contribution in [-0.4, -0.2) is 29.9 Å². The lowest BCUT2D eigenvalue weighted by Crippen LogP contribution is -2.32. The average Bonchev–Trinajstić information content (AvgIpc) is 3.10. The molecule has 5 nitrogen and oxygen atoms in total. The predicted octanol–water partition coefficient (Wildman–Crippen LogP) is 3.89. The second kappa shape index (κ2) is 8.55. The molecule has 1 aromatic carbocycles. The molecule has 0 saturated carbocycles. The van der Waals surface area contributed by atoms with Crippen molar-refractivity contribution in [1.82, 2.24) is 4.90 Å². The van der Waals surface area contributed by atoms with Crippen LogP contribution in [0.5, 0.6) is 0 Å². The molecule has 0 atom stereocenters. The van der Waals surface area contributed by atoms with Crippen LogP contribution in [-0.2, 0) is 22.3 Å². The quantitative estimate of drug-likeness (QED) is 0.695. The van der Waals surface area contributed by atoms with E-state index in [9.17, 15) is 22.8 Å². The number of halogens is 3. The minimum Gasteiger partial charge on any atom is -0.467 e. The number of carbonyl (C=O) groups excluding carboxylic acids is 2. The second-order valence-corrected chi connectivity index (χ2v) is 5.44. The summed E-state index contributed by atoms with van der Waals surface area (Å²) in [6.45, 7) is 2.04. The van der Waals surface area contributed by atoms with Crippen LogP contribution in [0.15, 0.2) is 47.1 Å². The van der Waals surface area contributed by atoms with Gasteiger partial charge in [0.25, 0.3) is 5.91 Å². The lowest BCUT2D eigenvalue weighted by molar-refractivity contribution is -0.143. The Balaban J connectivity index is 2.14. The van der Waals surface area contributed by atoms with E-state index in [2.05, 4.69) is 0 Å². The molecular formula is C18H18F3NO4. The third kappa shape index (κ3) is 5.37. The number of furan rings is 1. The third-order valence-corrected chi connectivity index (χ3v) is 3.56. The van der Waals surface area contributed by atoms with Crippen LogP contribution in [0.2, 0.25) is 0 Å². The number of hydrogen-bond donors (Lipinski definition) is 0. The zero-order valence-corrected chi connectivity index (χ0v) is 14.1. The number of amides is 1. The number of nitrogens with zero attached hydrogens (tertiary/aromatic N) is 1. The molecular weight excluding hydrogens is 351 g/mol. The Morgan fingerprint density at radius 2 is 1.85 bits per heavy atom. The van der Waals surface area contributed by atoms with Gasteiger partial charge in [-0.1, -0.05) is 0 Å². The maximum atomic E-state index is 12.7. The average molecular weight is 369 g/mol. The summed E-state index contributed by atoms with van der Waals surface area (Å²) >= 11 is 0. The molecule has 0 fully saturated rings. The molecule has 0 N–H and O–H groups in total. The first-order valence-electron chi connectivity index (χ1n) is 7.95. The van der Waals surface area contributed by atoms with Gasteiger partial charge in [-0.25, -0.2) is 0 Å². The number of carbonyl (C=O) groups is 2. The fraction of sp³-hybridized carbons (Fsp3) is 0.333. The number of benzene rings is 1. The van der Waals surface area contributed by atoms with Crippen molar-refractivity contribution in [2.24, 2.45) is 0 Å². The lowest BCUT2D eigenvalue weighted by atomic mass is 10.1. The van der Waals surface area contributed by atoms with Crippen molar-refractivity contribution in [1.29, 1.82) is 0 Å². The first-order chi connectivity index (χ1) is 12.3. The minimum atomic E-state index is -4.47. The standard InChI is InChI=1S/C18H18F3NO4/c1-2-25-16(23)9-10-22(12-15-4-3-11-26-15)17(24)13-5-7-14(8-6-13)18(19,20)21/h3-8,11H,2,9-10,12H2,1H3. The Kier molecular flexibility index (Phi) is 6.43. The summed E-state index contributed by atoms with van der Waals surface area (Å²) in [5, 5.41) is 0. The van der Waals surface area contributed by atoms with E-state index in [1.54, 1.807) is 19.1 Å². The molecule has 140 valence electrons. The summed E-state index contributed by atoms with van der Waals surface area (Å²) in [7, 11) is 0. The highest BCUT2D eigenvalue weighted by Gasteiger charge is 2.30. The zero-order chi connectivity index (χ0) is 19.2. The van der Waals surface area contributed by atoms with E-state index in [1.165, 1.54) is 11.2 Å². The maximum absolute atomic E-state index is 12.7. The Morgan fingerprint density at radius 3 is 2.38 bits per heavy atom. The molecule has 0 radical (unpaired) electrons. The normalized spacial score (nSPS) is 11.2. The number of esters is 1. The highest BCUT2D eigenvalue weighted by molar-refractivity contribution is 5.94. The van der Waals surface area contributed by atoms with Gasteiger partial charge < -0.3 is 14.1 Å². The number of rotatable bonds is 7. The van der Waals surface area contributed by atoms with E-state index in [-0.39, 0.29) is 31.7 Å². The Bertz CT molecular complexity index is 724. The predicted molar refractivity (Wildman–Crippen MR) is 86.1 cm³/mol. The Labute approximate surface area is 148 Å². The molecule has 0 aliphatic heterocycles. The van der Waals surface area contributed by atoms with Gasteiger partial charge in [0.1, 0.15) is 5.76 Å². The van der Waals surface area contributed by atoms with Gasteiger partial charge >= 0.3 is 12.1 Å². The van der Waals surface area contributed by atoms with Crippen molar-refractivity contribution in [3.63, 3.8) is 0 Å². The van der Waals surface area contributed by atoms with E-state index < -0.39 is 23.6 Å². The molecule has 0 aliphatic rings. The van der Waals surface area contributed by atoms with Crippen molar-refractivity contribution in [2.45, 2.75) is 26.1 Å². The first-order valence-corrected chi connectivity index (χ1v) is 7.95. The van der Waals surface area contributed by atoms with Crippen molar-refractivity contribution < 1.29 is 31.9 Å². The molecule has 1 heterocycles. The van der Waals surface area contributed by atoms with Crippen LogP contribution in [0.1, 0.15) is 35.0 Å². The summed E-state index contributed by atoms with van der Waals surface area (Å²) in [5.41, 5.74) is -0.744. The first kappa shape index (κ1) is 19.6. The summed E-state index contributed by atoms with van der Waals surface area (Å²) < 4.78 is 48.0. The molecule has 26 heavy (non-hydrogen) atoms. The summed E-state index contributed by atoms with van der Waals surface area (Å²) in [6.07, 6.45) is -3.05. The van der Waals surface area contributed by atoms with E-state index in [1.807, 2.05) is 0 Å². The van der Waals surface area contributed by atoms with E-state index in [0.29, 0.717) is 5.76 Å². The molecule has 0 unspecified atom stereocenters. The van der Waals surface area contributed by atoms with E-state index in [4.69, 9.17) is 9.15 Å². The van der Waals surface area contributed by atoms with Gasteiger partial charge in [0, 0.05) is 12.1 Å². The maximum Gasteiger partial charge on any atom is 0.416 e. The highest BCUT2D eigenvalue weighted by atomic mass is 19.4. The van der Waals surface area contributed by atoms with Crippen molar-refractivity contribution in [3.8, 4) is 0 Å². The van der Waals surface area contributed by atoms with Crippen LogP contribution < -0.4 is 0 Å². The van der Waals surface area contributed by atoms with Crippen molar-refractivity contribution in [2.75, 3.05) is 13.2 Å². The Morgan fingerprint density at radius 1 is 1.15 bits per heavy atom. The molecule has 0 aliphatic carbocycles. The smallest absolute Gasteiger partial charge is 0.416 e. The number of hydrogen-bond acceptors (Lipinski definition) is 4. The zero-order valence-electron chi connectivity index (χ0n) is 14.1. The van der Waals surface area contributed by atoms with Gasteiger partial charge in [0.15, 0.2) is 0 Å². The molecule has 2 aromatic rings. The Hall–Kier alpha value is -2.77. The van der Waals surface area contributed by atoms with E-state index in [0.717, 1.165) is 24.3 Å². The molecule has 8 heteroatoms. The summed E-state index contributed by atoms with van der Waals surface area (Å²) in [4.78, 5) is 25.5. The molecule has 0 spiro atoms. The van der Waals surface area contributed by atoms with E-state index >= 15 is 0 Å². The number of alkyl halides is 3. The largest absolute Gasteiger partial charge is 0.467 e. The van der Waals surface area contributed by atoms with Gasteiger partial charge in [-0.2, -0.15) is 13.2 Å². The SMILES string of the molecule is CCOC(=O)CCN(Cc1ccco1)C(=O)c1ccc(C(F)(F)F)cc1. The van der Waals surface area contributed by atoms with Gasteiger partial charge in [-0.05, 0) is 43.3 Å². The fourth-order valence-corrected chi connectivity index (χ4v) is 2.29. The van der Waals surface area contributed by atoms with Gasteiger partial charge in [0.2, 0.25) is 0 Å². The van der Waals surface area contributed by atoms with Crippen LogP contribution in [0, 0.1) is 0 Å². The van der Waals surface area contributed by atoms with Gasteiger partial charge in [-0.15, -0.1) is 0 Å². The van der Waals surface area contributed by atoms with Gasteiger partial charge in [-0.3, -0.25) is 9.59 Å². The van der Waals surface area contributed by atoms with Crippen molar-refractivity contribution in [3.05, 3.63) is 59.5 Å². The second-order valence-electron chi connectivity index (χ2n) is 5.44. The topological polar surface area (TPSA) is 59.8 Å². The number of ether oxygens (including phenoxy) is 1. The molecule has 0 bridgehead atoms. The summed E-state index contributed by atoms with van der Waals surface area (Å²) in [6, 6.07) is 7.25. The molecule has 2 rings (SSSR count). The van der Waals surface area contributed by atoms with Crippen LogP contribution in [0.25, 0.3) is 0 Å². The molecule has 0 saturated heterocycles. The monoisotopic (exact) mass is 369 g/mol.